The van der Waals surface area contributed by atoms with Gasteiger partial charge in [0.2, 0.25) is 0 Å². The van der Waals surface area contributed by atoms with Gasteiger partial charge in [-0.3, -0.25) is 4.90 Å². The lowest BCUT2D eigenvalue weighted by molar-refractivity contribution is -0.00100. The molecule has 1 atom stereocenters. The van der Waals surface area contributed by atoms with E-state index in [1.807, 2.05) is 0 Å². The minimum Gasteiger partial charge on any atom is -0.309 e. The molecule has 2 heteroatoms. The van der Waals surface area contributed by atoms with Crippen molar-refractivity contribution in [3.05, 3.63) is 0 Å². The molecule has 1 N–H and O–H groups in total. The molecular formula is C15H32N2. The standard InChI is InChI=1S/C15H32N2/c1-7-13(4)10-17-12-14(5,6)16-11-15(17,8-2)9-3/h13,16H,7-12H2,1-6H3. The molecular weight excluding hydrogens is 208 g/mol. The van der Waals surface area contributed by atoms with Crippen LogP contribution in [0.3, 0.4) is 0 Å². The summed E-state index contributed by atoms with van der Waals surface area (Å²) < 4.78 is 0. The fraction of sp³-hybridized carbons (Fsp3) is 1.00. The molecule has 1 heterocycles. The van der Waals surface area contributed by atoms with Gasteiger partial charge in [-0.05, 0) is 32.6 Å². The Labute approximate surface area is 108 Å². The summed E-state index contributed by atoms with van der Waals surface area (Å²) in [5.41, 5.74) is 0.653. The Balaban J connectivity index is 2.81. The van der Waals surface area contributed by atoms with E-state index in [2.05, 4.69) is 51.8 Å². The second-order valence-electron chi connectivity index (χ2n) is 6.56. The largest absolute Gasteiger partial charge is 0.309 e. The Morgan fingerprint density at radius 3 is 2.24 bits per heavy atom. The van der Waals surface area contributed by atoms with Crippen LogP contribution in [0.1, 0.15) is 60.8 Å². The first-order valence-corrected chi connectivity index (χ1v) is 7.39. The van der Waals surface area contributed by atoms with E-state index in [4.69, 9.17) is 0 Å². The topological polar surface area (TPSA) is 15.3 Å². The number of piperazine rings is 1. The minimum absolute atomic E-state index is 0.265. The van der Waals surface area contributed by atoms with Crippen LogP contribution in [0.25, 0.3) is 0 Å². The van der Waals surface area contributed by atoms with E-state index in [-0.39, 0.29) is 5.54 Å². The van der Waals surface area contributed by atoms with Gasteiger partial charge in [0.1, 0.15) is 0 Å². The fourth-order valence-electron chi connectivity index (χ4n) is 2.93. The molecule has 17 heavy (non-hydrogen) atoms. The lowest BCUT2D eigenvalue weighted by Crippen LogP contribution is -2.68. The van der Waals surface area contributed by atoms with Gasteiger partial charge in [0.15, 0.2) is 0 Å². The smallest absolute Gasteiger partial charge is 0.0329 e. The summed E-state index contributed by atoms with van der Waals surface area (Å²) in [6, 6.07) is 0. The Hall–Kier alpha value is -0.0800. The van der Waals surface area contributed by atoms with Crippen molar-refractivity contribution in [1.29, 1.82) is 0 Å². The van der Waals surface area contributed by atoms with E-state index < -0.39 is 0 Å². The Kier molecular flexibility index (Phi) is 5.03. The van der Waals surface area contributed by atoms with Crippen molar-refractivity contribution in [2.75, 3.05) is 19.6 Å². The van der Waals surface area contributed by atoms with Gasteiger partial charge in [0, 0.05) is 30.7 Å². The highest BCUT2D eigenvalue weighted by Gasteiger charge is 2.41. The molecule has 0 amide bonds. The molecule has 0 saturated carbocycles. The summed E-state index contributed by atoms with van der Waals surface area (Å²) in [4.78, 5) is 2.76. The summed E-state index contributed by atoms with van der Waals surface area (Å²) in [7, 11) is 0. The van der Waals surface area contributed by atoms with Crippen molar-refractivity contribution in [2.45, 2.75) is 71.9 Å². The summed E-state index contributed by atoms with van der Waals surface area (Å²) in [5.74, 6) is 0.807. The Morgan fingerprint density at radius 1 is 1.18 bits per heavy atom. The average molecular weight is 240 g/mol. The van der Waals surface area contributed by atoms with E-state index >= 15 is 0 Å². The zero-order valence-corrected chi connectivity index (χ0v) is 12.8. The Bertz CT molecular complexity index is 231. The van der Waals surface area contributed by atoms with Crippen LogP contribution in [0.2, 0.25) is 0 Å². The van der Waals surface area contributed by atoms with Gasteiger partial charge in [-0.1, -0.05) is 34.1 Å². The van der Waals surface area contributed by atoms with Gasteiger partial charge in [-0.25, -0.2) is 0 Å². The second kappa shape index (κ2) is 5.71. The first-order chi connectivity index (χ1) is 7.89. The van der Waals surface area contributed by atoms with E-state index in [0.717, 1.165) is 12.5 Å². The number of hydrogen-bond acceptors (Lipinski definition) is 2. The third-order valence-electron chi connectivity index (χ3n) is 4.70. The molecule has 1 fully saturated rings. The SMILES string of the molecule is CCC(C)CN1CC(C)(C)NCC1(CC)CC. The molecule has 1 saturated heterocycles. The molecule has 1 rings (SSSR count). The van der Waals surface area contributed by atoms with E-state index in [1.54, 1.807) is 0 Å². The van der Waals surface area contributed by atoms with E-state index in [1.165, 1.54) is 32.4 Å². The van der Waals surface area contributed by atoms with Gasteiger partial charge >= 0.3 is 0 Å². The van der Waals surface area contributed by atoms with Gasteiger partial charge in [-0.15, -0.1) is 0 Å². The predicted octanol–water partition coefficient (Wildman–Crippen LogP) is 3.28. The highest BCUT2D eigenvalue weighted by atomic mass is 15.3. The molecule has 1 aliphatic heterocycles. The lowest BCUT2D eigenvalue weighted by Gasteiger charge is -2.53. The first kappa shape index (κ1) is 15.0. The molecule has 0 bridgehead atoms. The fourth-order valence-corrected chi connectivity index (χ4v) is 2.93. The van der Waals surface area contributed by atoms with Gasteiger partial charge < -0.3 is 5.32 Å². The van der Waals surface area contributed by atoms with Crippen LogP contribution in [0.5, 0.6) is 0 Å². The second-order valence-corrected chi connectivity index (χ2v) is 6.56. The van der Waals surface area contributed by atoms with Crippen molar-refractivity contribution in [1.82, 2.24) is 10.2 Å². The maximum absolute atomic E-state index is 3.73. The monoisotopic (exact) mass is 240 g/mol. The third-order valence-corrected chi connectivity index (χ3v) is 4.70. The van der Waals surface area contributed by atoms with Crippen molar-refractivity contribution in [3.63, 3.8) is 0 Å². The van der Waals surface area contributed by atoms with Crippen molar-refractivity contribution < 1.29 is 0 Å². The lowest BCUT2D eigenvalue weighted by atomic mass is 9.83. The maximum atomic E-state index is 3.73. The van der Waals surface area contributed by atoms with Crippen LogP contribution < -0.4 is 5.32 Å². The van der Waals surface area contributed by atoms with Crippen LogP contribution >= 0.6 is 0 Å². The molecule has 102 valence electrons. The van der Waals surface area contributed by atoms with Crippen LogP contribution in [0, 0.1) is 5.92 Å². The highest BCUT2D eigenvalue weighted by molar-refractivity contribution is 5.01. The molecule has 0 aromatic rings. The van der Waals surface area contributed by atoms with Crippen LogP contribution in [-0.4, -0.2) is 35.6 Å². The maximum Gasteiger partial charge on any atom is 0.0329 e. The summed E-state index contributed by atoms with van der Waals surface area (Å²) in [5, 5.41) is 3.73. The van der Waals surface area contributed by atoms with Gasteiger partial charge in [-0.2, -0.15) is 0 Å². The zero-order valence-electron chi connectivity index (χ0n) is 12.8. The molecule has 0 aromatic heterocycles. The highest BCUT2D eigenvalue weighted by Crippen LogP contribution is 2.30. The molecule has 1 unspecified atom stereocenters. The van der Waals surface area contributed by atoms with Gasteiger partial charge in [0.25, 0.3) is 0 Å². The Morgan fingerprint density at radius 2 is 1.76 bits per heavy atom. The third kappa shape index (κ3) is 3.45. The average Bonchev–Trinajstić information content (AvgIpc) is 2.29. The summed E-state index contributed by atoms with van der Waals surface area (Å²) in [6.07, 6.45) is 3.79. The zero-order chi connectivity index (χ0) is 13.1. The minimum atomic E-state index is 0.265. The summed E-state index contributed by atoms with van der Waals surface area (Å²) in [6.45, 7) is 17.6. The number of nitrogens with zero attached hydrogens (tertiary/aromatic N) is 1. The number of rotatable bonds is 5. The van der Waals surface area contributed by atoms with Crippen LogP contribution in [-0.2, 0) is 0 Å². The van der Waals surface area contributed by atoms with Crippen LogP contribution in [0.15, 0.2) is 0 Å². The van der Waals surface area contributed by atoms with Crippen molar-refractivity contribution in [3.8, 4) is 0 Å². The van der Waals surface area contributed by atoms with Crippen molar-refractivity contribution in [2.24, 2.45) is 5.92 Å². The van der Waals surface area contributed by atoms with Crippen LogP contribution in [0.4, 0.5) is 0 Å². The number of hydrogen-bond donors (Lipinski definition) is 1. The first-order valence-electron chi connectivity index (χ1n) is 7.39. The molecule has 2 nitrogen and oxygen atoms in total. The summed E-state index contributed by atoms with van der Waals surface area (Å²) >= 11 is 0. The van der Waals surface area contributed by atoms with E-state index in [9.17, 15) is 0 Å². The predicted molar refractivity (Wildman–Crippen MR) is 76.4 cm³/mol. The molecule has 0 aromatic carbocycles. The van der Waals surface area contributed by atoms with Gasteiger partial charge in [0.05, 0.1) is 0 Å². The van der Waals surface area contributed by atoms with Crippen molar-refractivity contribution >= 4 is 0 Å². The molecule has 0 spiro atoms. The van der Waals surface area contributed by atoms with E-state index in [0.29, 0.717) is 5.54 Å². The number of nitrogens with one attached hydrogen (secondary N) is 1. The quantitative estimate of drug-likeness (QED) is 0.793. The molecule has 1 aliphatic rings. The molecule has 0 radical (unpaired) electrons. The molecule has 0 aliphatic carbocycles. The normalized spacial score (nSPS) is 25.8.